The Morgan fingerprint density at radius 1 is 1.07 bits per heavy atom. The Bertz CT molecular complexity index is 696. The molecule has 1 aromatic carbocycles. The molecule has 2 saturated heterocycles. The number of aliphatic carboxylic acids is 1. The van der Waals surface area contributed by atoms with Crippen LogP contribution in [0.5, 0.6) is 0 Å². The molecule has 0 aliphatic carbocycles. The molecule has 2 fully saturated rings. The molecule has 0 bridgehead atoms. The van der Waals surface area contributed by atoms with Gasteiger partial charge in [-0.25, -0.2) is 0 Å². The summed E-state index contributed by atoms with van der Waals surface area (Å²) in [5.74, 6) is -0.0339. The Labute approximate surface area is 174 Å². The number of amides is 1. The highest BCUT2D eigenvalue weighted by atomic mass is 16.4. The Kier molecular flexibility index (Phi) is 7.30. The molecular formula is C23H35N3O3. The molecule has 2 aliphatic rings. The van der Waals surface area contributed by atoms with Crippen molar-refractivity contribution >= 4 is 11.9 Å². The highest BCUT2D eigenvalue weighted by Crippen LogP contribution is 2.28. The van der Waals surface area contributed by atoms with Crippen LogP contribution in [0, 0.1) is 5.92 Å². The maximum atomic E-state index is 13.1. The first-order chi connectivity index (χ1) is 13.8. The van der Waals surface area contributed by atoms with E-state index in [1.807, 2.05) is 29.2 Å². The zero-order valence-corrected chi connectivity index (χ0v) is 18.0. The van der Waals surface area contributed by atoms with Gasteiger partial charge in [-0.2, -0.15) is 0 Å². The number of likely N-dealkylation sites (N-methyl/N-ethyl adjacent to an activating group) is 1. The number of hydrogen-bond acceptors (Lipinski definition) is 4. The molecule has 6 heteroatoms. The Morgan fingerprint density at radius 3 is 2.31 bits per heavy atom. The average Bonchev–Trinajstić information content (AvgIpc) is 2.72. The van der Waals surface area contributed by atoms with Gasteiger partial charge in [0.2, 0.25) is 0 Å². The number of nitrogens with zero attached hydrogens (tertiary/aromatic N) is 3. The lowest BCUT2D eigenvalue weighted by Crippen LogP contribution is -2.57. The minimum atomic E-state index is -0.755. The topological polar surface area (TPSA) is 64.1 Å². The molecule has 3 rings (SSSR count). The van der Waals surface area contributed by atoms with Crippen LogP contribution in [-0.2, 0) is 4.79 Å². The number of carbonyl (C=O) groups is 2. The van der Waals surface area contributed by atoms with Crippen molar-refractivity contribution in [2.75, 3.05) is 46.3 Å². The van der Waals surface area contributed by atoms with Gasteiger partial charge in [0.1, 0.15) is 0 Å². The number of rotatable bonds is 6. The van der Waals surface area contributed by atoms with E-state index in [9.17, 15) is 14.7 Å². The van der Waals surface area contributed by atoms with Gasteiger partial charge in [-0.05, 0) is 49.4 Å². The Balaban J connectivity index is 1.68. The van der Waals surface area contributed by atoms with Crippen molar-refractivity contribution in [2.45, 2.75) is 45.1 Å². The van der Waals surface area contributed by atoms with Crippen molar-refractivity contribution in [3.05, 3.63) is 35.4 Å². The third-order valence-corrected chi connectivity index (χ3v) is 6.54. The largest absolute Gasteiger partial charge is 0.481 e. The molecule has 1 aromatic rings. The first kappa shape index (κ1) is 21.8. The summed E-state index contributed by atoms with van der Waals surface area (Å²) in [5, 5.41) is 9.20. The fourth-order valence-corrected chi connectivity index (χ4v) is 4.62. The van der Waals surface area contributed by atoms with Gasteiger partial charge >= 0.3 is 5.97 Å². The van der Waals surface area contributed by atoms with Crippen molar-refractivity contribution in [2.24, 2.45) is 5.92 Å². The smallest absolute Gasteiger partial charge is 0.303 e. The van der Waals surface area contributed by atoms with Gasteiger partial charge in [-0.1, -0.05) is 26.0 Å². The minimum absolute atomic E-state index is 0.0671. The zero-order valence-electron chi connectivity index (χ0n) is 18.0. The van der Waals surface area contributed by atoms with Crippen LogP contribution in [0.3, 0.4) is 0 Å². The normalized spacial score (nSPS) is 24.1. The van der Waals surface area contributed by atoms with Crippen LogP contribution < -0.4 is 0 Å². The molecule has 0 unspecified atom stereocenters. The molecule has 0 saturated carbocycles. The van der Waals surface area contributed by atoms with Crippen molar-refractivity contribution in [1.82, 2.24) is 14.7 Å². The van der Waals surface area contributed by atoms with E-state index in [1.165, 1.54) is 5.56 Å². The van der Waals surface area contributed by atoms with Crippen LogP contribution >= 0.6 is 0 Å². The van der Waals surface area contributed by atoms with Crippen LogP contribution in [0.2, 0.25) is 0 Å². The van der Waals surface area contributed by atoms with E-state index in [1.54, 1.807) is 0 Å². The van der Waals surface area contributed by atoms with Gasteiger partial charge in [0.25, 0.3) is 5.91 Å². The molecule has 2 aliphatic heterocycles. The van der Waals surface area contributed by atoms with Gasteiger partial charge in [-0.15, -0.1) is 0 Å². The van der Waals surface area contributed by atoms with E-state index in [-0.39, 0.29) is 18.2 Å². The van der Waals surface area contributed by atoms with Gasteiger partial charge < -0.3 is 14.9 Å². The molecule has 2 heterocycles. The van der Waals surface area contributed by atoms with Crippen LogP contribution in [0.4, 0.5) is 0 Å². The van der Waals surface area contributed by atoms with E-state index >= 15 is 0 Å². The molecule has 0 aromatic heterocycles. The Morgan fingerprint density at radius 2 is 1.72 bits per heavy atom. The lowest BCUT2D eigenvalue weighted by molar-refractivity contribution is -0.137. The third-order valence-electron chi connectivity index (χ3n) is 6.54. The second-order valence-electron chi connectivity index (χ2n) is 8.92. The molecule has 0 spiro atoms. The predicted molar refractivity (Wildman–Crippen MR) is 114 cm³/mol. The minimum Gasteiger partial charge on any atom is -0.481 e. The number of benzene rings is 1. The molecule has 160 valence electrons. The molecule has 0 radical (unpaired) electrons. The monoisotopic (exact) mass is 401 g/mol. The van der Waals surface area contributed by atoms with Gasteiger partial charge in [0.05, 0.1) is 0 Å². The van der Waals surface area contributed by atoms with Crippen molar-refractivity contribution in [1.29, 1.82) is 0 Å². The number of likely N-dealkylation sites (tertiary alicyclic amines) is 1. The number of piperidine rings is 1. The summed E-state index contributed by atoms with van der Waals surface area (Å²) in [7, 11) is 2.14. The summed E-state index contributed by atoms with van der Waals surface area (Å²) in [4.78, 5) is 31.1. The Hall–Kier alpha value is -1.92. The first-order valence-electron chi connectivity index (χ1n) is 10.9. The summed E-state index contributed by atoms with van der Waals surface area (Å²) < 4.78 is 0. The summed E-state index contributed by atoms with van der Waals surface area (Å²) in [6, 6.07) is 8.30. The maximum absolute atomic E-state index is 13.1. The van der Waals surface area contributed by atoms with Crippen LogP contribution in [0.25, 0.3) is 0 Å². The molecule has 1 N–H and O–H groups in total. The third kappa shape index (κ3) is 5.58. The number of carboxylic acid groups (broad SMARTS) is 1. The molecule has 6 nitrogen and oxygen atoms in total. The summed E-state index contributed by atoms with van der Waals surface area (Å²) in [6.07, 6.45) is 1.71. The first-order valence-corrected chi connectivity index (χ1v) is 10.9. The summed E-state index contributed by atoms with van der Waals surface area (Å²) in [6.45, 7) is 9.82. The van der Waals surface area contributed by atoms with E-state index in [0.717, 1.165) is 44.7 Å². The molecule has 2 atom stereocenters. The zero-order chi connectivity index (χ0) is 21.0. The maximum Gasteiger partial charge on any atom is 0.303 e. The van der Waals surface area contributed by atoms with E-state index in [4.69, 9.17) is 0 Å². The van der Waals surface area contributed by atoms with Crippen LogP contribution in [0.1, 0.15) is 54.9 Å². The number of carbonyl (C=O) groups excluding carboxylic acids is 1. The number of piperazine rings is 1. The second-order valence-corrected chi connectivity index (χ2v) is 8.92. The van der Waals surface area contributed by atoms with Crippen LogP contribution in [-0.4, -0.2) is 84.0 Å². The highest BCUT2D eigenvalue weighted by Gasteiger charge is 2.36. The van der Waals surface area contributed by atoms with Gasteiger partial charge in [0.15, 0.2) is 0 Å². The molecule has 1 amide bonds. The van der Waals surface area contributed by atoms with Crippen LogP contribution in [0.15, 0.2) is 24.3 Å². The van der Waals surface area contributed by atoms with E-state index in [0.29, 0.717) is 24.9 Å². The number of carboxylic acids is 1. The lowest BCUT2D eigenvalue weighted by Gasteiger charge is -2.46. The fourth-order valence-electron chi connectivity index (χ4n) is 4.62. The second kappa shape index (κ2) is 9.72. The summed E-state index contributed by atoms with van der Waals surface area (Å²) >= 11 is 0. The van der Waals surface area contributed by atoms with E-state index < -0.39 is 5.97 Å². The highest BCUT2D eigenvalue weighted by molar-refractivity contribution is 5.94. The van der Waals surface area contributed by atoms with Crippen molar-refractivity contribution in [3.8, 4) is 0 Å². The van der Waals surface area contributed by atoms with Gasteiger partial charge in [-0.3, -0.25) is 14.5 Å². The lowest BCUT2D eigenvalue weighted by atomic mass is 9.86. The van der Waals surface area contributed by atoms with Gasteiger partial charge in [0, 0.05) is 57.3 Å². The predicted octanol–water partition coefficient (Wildman–Crippen LogP) is 2.75. The standard InChI is InChI=1S/C23H35N3O3/c1-17(2)18-4-6-19(7-5-18)23(29)26-11-10-21(20(16-26)8-9-22(27)28)25-14-12-24(3)13-15-25/h4-7,17,20-21H,8-16H2,1-3H3,(H,27,28)/t20-,21+/m0/s1. The fraction of sp³-hybridized carbons (Fsp3) is 0.652. The molecule has 29 heavy (non-hydrogen) atoms. The SMILES string of the molecule is CC(C)c1ccc(C(=O)N2CC[C@@H](N3CCN(C)CC3)[C@@H](CCC(=O)O)C2)cc1. The average molecular weight is 402 g/mol. The van der Waals surface area contributed by atoms with E-state index in [2.05, 4.69) is 30.7 Å². The summed E-state index contributed by atoms with van der Waals surface area (Å²) in [5.41, 5.74) is 1.96. The molecular weight excluding hydrogens is 366 g/mol. The number of hydrogen-bond donors (Lipinski definition) is 1. The quantitative estimate of drug-likeness (QED) is 0.794. The van der Waals surface area contributed by atoms with Crippen molar-refractivity contribution in [3.63, 3.8) is 0 Å². The van der Waals surface area contributed by atoms with Crippen molar-refractivity contribution < 1.29 is 14.7 Å².